The Balaban J connectivity index is 2.90. The first-order valence-electron chi connectivity index (χ1n) is 7.45. The average Bonchev–Trinajstić information content (AvgIpc) is 2.50. The molecule has 1 rings (SSSR count). The highest BCUT2D eigenvalue weighted by molar-refractivity contribution is 7.62. The van der Waals surface area contributed by atoms with E-state index >= 15 is 0 Å². The third-order valence-corrected chi connectivity index (χ3v) is 5.47. The van der Waals surface area contributed by atoms with Crippen molar-refractivity contribution in [3.8, 4) is 0 Å². The van der Waals surface area contributed by atoms with Crippen LogP contribution < -0.4 is 27.4 Å². The van der Waals surface area contributed by atoms with Crippen molar-refractivity contribution >= 4 is 31.7 Å². The van der Waals surface area contributed by atoms with Crippen molar-refractivity contribution in [2.45, 2.75) is 31.8 Å². The minimum atomic E-state index is -4.80. The van der Waals surface area contributed by atoms with Gasteiger partial charge in [-0.3, -0.25) is 13.9 Å². The second-order valence-electron chi connectivity index (χ2n) is 5.51. The SMILES string of the molecule is NCCCCC(N)C(=O)NCc1ccc(P(=O)(O)O)cc1P(=O)(O)O. The Morgan fingerprint density at radius 2 is 1.76 bits per heavy atom. The van der Waals surface area contributed by atoms with Gasteiger partial charge in [-0.2, -0.15) is 0 Å². The molecule has 1 aromatic rings. The van der Waals surface area contributed by atoms with Crippen molar-refractivity contribution in [2.24, 2.45) is 11.5 Å². The molecule has 1 amide bonds. The fourth-order valence-electron chi connectivity index (χ4n) is 2.11. The molecule has 1 unspecified atom stereocenters. The van der Waals surface area contributed by atoms with Gasteiger partial charge in [0.25, 0.3) is 0 Å². The Labute approximate surface area is 144 Å². The molecule has 12 heteroatoms. The summed E-state index contributed by atoms with van der Waals surface area (Å²) in [5, 5.41) is 1.40. The summed E-state index contributed by atoms with van der Waals surface area (Å²) >= 11 is 0. The maximum absolute atomic E-state index is 11.9. The predicted molar refractivity (Wildman–Crippen MR) is 92.5 cm³/mol. The number of benzene rings is 1. The first-order valence-corrected chi connectivity index (χ1v) is 10.7. The molecular weight excluding hydrogens is 372 g/mol. The number of nitrogens with two attached hydrogens (primary N) is 2. The number of carbonyl (C=O) groups is 1. The maximum atomic E-state index is 11.9. The van der Waals surface area contributed by atoms with Gasteiger partial charge in [0.05, 0.1) is 16.7 Å². The number of carbonyl (C=O) groups excluding carboxylic acids is 1. The summed E-state index contributed by atoms with van der Waals surface area (Å²) in [5.41, 5.74) is 11.1. The van der Waals surface area contributed by atoms with Gasteiger partial charge in [-0.15, -0.1) is 0 Å². The highest BCUT2D eigenvalue weighted by Gasteiger charge is 2.26. The molecule has 0 aliphatic carbocycles. The summed E-state index contributed by atoms with van der Waals surface area (Å²) in [7, 11) is -9.46. The Morgan fingerprint density at radius 3 is 2.28 bits per heavy atom. The van der Waals surface area contributed by atoms with Crippen LogP contribution in [0.3, 0.4) is 0 Å². The lowest BCUT2D eigenvalue weighted by Gasteiger charge is -2.16. The Morgan fingerprint density at radius 1 is 1.12 bits per heavy atom. The van der Waals surface area contributed by atoms with E-state index in [1.807, 2.05) is 0 Å². The zero-order valence-electron chi connectivity index (χ0n) is 13.4. The van der Waals surface area contributed by atoms with Gasteiger partial charge < -0.3 is 36.4 Å². The molecule has 1 aromatic carbocycles. The molecule has 0 radical (unpaired) electrons. The first-order chi connectivity index (χ1) is 11.5. The van der Waals surface area contributed by atoms with Crippen LogP contribution in [0.25, 0.3) is 0 Å². The van der Waals surface area contributed by atoms with Crippen molar-refractivity contribution in [1.29, 1.82) is 0 Å². The normalized spacial score (nSPS) is 13.5. The van der Waals surface area contributed by atoms with Gasteiger partial charge in [-0.25, -0.2) is 0 Å². The predicted octanol–water partition coefficient (Wildman–Crippen LogP) is -1.63. The summed E-state index contributed by atoms with van der Waals surface area (Å²) < 4.78 is 22.8. The monoisotopic (exact) mass is 395 g/mol. The summed E-state index contributed by atoms with van der Waals surface area (Å²) in [6.45, 7) is 0.261. The lowest BCUT2D eigenvalue weighted by Crippen LogP contribution is -2.40. The maximum Gasteiger partial charge on any atom is 0.356 e. The van der Waals surface area contributed by atoms with Crippen molar-refractivity contribution < 1.29 is 33.5 Å². The van der Waals surface area contributed by atoms with E-state index in [9.17, 15) is 23.7 Å². The number of amides is 1. The van der Waals surface area contributed by atoms with Crippen molar-refractivity contribution in [3.63, 3.8) is 0 Å². The van der Waals surface area contributed by atoms with Crippen LogP contribution in [0.5, 0.6) is 0 Å². The smallest absolute Gasteiger partial charge is 0.351 e. The van der Waals surface area contributed by atoms with Crippen LogP contribution in [-0.4, -0.2) is 38.1 Å². The van der Waals surface area contributed by atoms with Crippen molar-refractivity contribution in [3.05, 3.63) is 23.8 Å². The minimum absolute atomic E-state index is 0.0491. The molecule has 0 saturated heterocycles. The van der Waals surface area contributed by atoms with Crippen LogP contribution in [0.2, 0.25) is 0 Å². The lowest BCUT2D eigenvalue weighted by molar-refractivity contribution is -0.122. The standard InChI is InChI=1S/C13H23N3O7P2/c14-6-2-1-3-11(15)13(17)16-8-9-4-5-10(24(18,19)20)7-12(9)25(21,22)23/h4-5,7,11H,1-3,6,8,14-15H2,(H,16,17)(H2,18,19,20)(H2,21,22,23). The van der Waals surface area contributed by atoms with Crippen LogP contribution in [0.15, 0.2) is 18.2 Å². The van der Waals surface area contributed by atoms with E-state index < -0.39 is 37.7 Å². The molecule has 0 fully saturated rings. The Bertz CT molecular complexity index is 701. The van der Waals surface area contributed by atoms with Gasteiger partial charge in [0, 0.05) is 6.54 Å². The van der Waals surface area contributed by atoms with Crippen LogP contribution in [0.4, 0.5) is 0 Å². The van der Waals surface area contributed by atoms with Gasteiger partial charge in [0.15, 0.2) is 0 Å². The number of rotatable bonds is 9. The molecule has 25 heavy (non-hydrogen) atoms. The number of nitrogens with one attached hydrogen (secondary N) is 1. The van der Waals surface area contributed by atoms with Gasteiger partial charge in [0.2, 0.25) is 5.91 Å². The van der Waals surface area contributed by atoms with Gasteiger partial charge in [-0.05, 0) is 37.1 Å². The van der Waals surface area contributed by atoms with E-state index in [0.29, 0.717) is 19.4 Å². The number of hydrogen-bond acceptors (Lipinski definition) is 5. The number of unbranched alkanes of at least 4 members (excludes halogenated alkanes) is 1. The fraction of sp³-hybridized carbons (Fsp3) is 0.462. The molecule has 0 heterocycles. The van der Waals surface area contributed by atoms with Gasteiger partial charge in [0.1, 0.15) is 0 Å². The van der Waals surface area contributed by atoms with E-state index in [1.54, 1.807) is 0 Å². The van der Waals surface area contributed by atoms with E-state index in [-0.39, 0.29) is 12.1 Å². The molecule has 0 aromatic heterocycles. The Kier molecular flexibility index (Phi) is 7.92. The van der Waals surface area contributed by atoms with E-state index in [1.165, 1.54) is 0 Å². The topological polar surface area (TPSA) is 196 Å². The molecule has 0 aliphatic rings. The minimum Gasteiger partial charge on any atom is -0.351 e. The molecule has 0 saturated carbocycles. The van der Waals surface area contributed by atoms with Crippen LogP contribution in [-0.2, 0) is 20.5 Å². The molecule has 0 spiro atoms. The van der Waals surface area contributed by atoms with E-state index in [4.69, 9.17) is 21.3 Å². The largest absolute Gasteiger partial charge is 0.356 e. The molecule has 0 bridgehead atoms. The van der Waals surface area contributed by atoms with Crippen molar-refractivity contribution in [2.75, 3.05) is 6.54 Å². The summed E-state index contributed by atoms with van der Waals surface area (Å²) in [6, 6.07) is 2.19. The number of hydrogen-bond donors (Lipinski definition) is 7. The summed E-state index contributed by atoms with van der Waals surface area (Å²) in [4.78, 5) is 48.9. The van der Waals surface area contributed by atoms with Crippen molar-refractivity contribution in [1.82, 2.24) is 5.32 Å². The second kappa shape index (κ2) is 9.02. The Hall–Kier alpha value is -1.09. The third kappa shape index (κ3) is 6.97. The van der Waals surface area contributed by atoms with Crippen LogP contribution >= 0.6 is 15.2 Å². The molecule has 142 valence electrons. The quantitative estimate of drug-likeness (QED) is 0.189. The zero-order valence-corrected chi connectivity index (χ0v) is 15.2. The van der Waals surface area contributed by atoms with Gasteiger partial charge >= 0.3 is 15.2 Å². The van der Waals surface area contributed by atoms with E-state index in [2.05, 4.69) is 5.32 Å². The molecule has 0 aliphatic heterocycles. The second-order valence-corrected chi connectivity index (χ2v) is 8.68. The molecular formula is C13H23N3O7P2. The molecule has 10 nitrogen and oxygen atoms in total. The van der Waals surface area contributed by atoms with Crippen LogP contribution in [0.1, 0.15) is 24.8 Å². The van der Waals surface area contributed by atoms with E-state index in [0.717, 1.165) is 24.6 Å². The summed E-state index contributed by atoms with van der Waals surface area (Å²) in [5.74, 6) is -0.493. The van der Waals surface area contributed by atoms with Crippen LogP contribution in [0, 0.1) is 0 Å². The highest BCUT2D eigenvalue weighted by atomic mass is 31.2. The summed E-state index contributed by atoms with van der Waals surface area (Å²) in [6.07, 6.45) is 1.83. The highest BCUT2D eigenvalue weighted by Crippen LogP contribution is 2.38. The zero-order chi connectivity index (χ0) is 19.3. The lowest BCUT2D eigenvalue weighted by atomic mass is 10.1. The third-order valence-electron chi connectivity index (χ3n) is 3.48. The van der Waals surface area contributed by atoms with Gasteiger partial charge in [-0.1, -0.05) is 12.5 Å². The molecule has 9 N–H and O–H groups in total. The fourth-order valence-corrected chi connectivity index (χ4v) is 3.61. The average molecular weight is 395 g/mol. The molecule has 1 atom stereocenters. The first kappa shape index (κ1) is 22.0.